The van der Waals surface area contributed by atoms with Crippen molar-refractivity contribution in [1.82, 2.24) is 10.2 Å². The van der Waals surface area contributed by atoms with Gasteiger partial charge in [-0.3, -0.25) is 4.79 Å². The molecule has 8 heteroatoms. The van der Waals surface area contributed by atoms with Gasteiger partial charge < -0.3 is 5.32 Å². The third-order valence-corrected chi connectivity index (χ3v) is 5.59. The highest BCUT2D eigenvalue weighted by Gasteiger charge is 2.20. The van der Waals surface area contributed by atoms with Crippen LogP contribution in [0.3, 0.4) is 0 Å². The number of nitrogens with one attached hydrogen (secondary N) is 1. The van der Waals surface area contributed by atoms with E-state index in [1.54, 1.807) is 0 Å². The summed E-state index contributed by atoms with van der Waals surface area (Å²) >= 11 is 1.43. The second-order valence-corrected chi connectivity index (χ2v) is 8.83. The molecule has 6 nitrogen and oxygen atoms in total. The lowest BCUT2D eigenvalue weighted by Crippen LogP contribution is -2.13. The van der Waals surface area contributed by atoms with Gasteiger partial charge in [-0.25, -0.2) is 8.42 Å². The first-order chi connectivity index (χ1) is 9.94. The third kappa shape index (κ3) is 5.70. The van der Waals surface area contributed by atoms with Gasteiger partial charge in [0.2, 0.25) is 11.0 Å². The van der Waals surface area contributed by atoms with Crippen LogP contribution in [0.2, 0.25) is 0 Å². The predicted molar refractivity (Wildman–Crippen MR) is 83.3 cm³/mol. The molecule has 1 aromatic heterocycles. The molecule has 1 heterocycles. The van der Waals surface area contributed by atoms with Crippen LogP contribution < -0.4 is 5.32 Å². The van der Waals surface area contributed by atoms with E-state index in [1.165, 1.54) is 36.9 Å². The molecule has 1 aliphatic carbocycles. The van der Waals surface area contributed by atoms with Gasteiger partial charge in [0.1, 0.15) is 14.8 Å². The zero-order chi connectivity index (χ0) is 15.3. The number of carbonyl (C=O) groups is 1. The zero-order valence-corrected chi connectivity index (χ0v) is 13.8. The van der Waals surface area contributed by atoms with Crippen molar-refractivity contribution in [3.05, 3.63) is 5.01 Å². The van der Waals surface area contributed by atoms with Crippen LogP contribution in [-0.4, -0.2) is 36.5 Å². The molecule has 21 heavy (non-hydrogen) atoms. The van der Waals surface area contributed by atoms with Gasteiger partial charge in [-0.2, -0.15) is 0 Å². The van der Waals surface area contributed by atoms with Crippen molar-refractivity contribution in [3.8, 4) is 0 Å². The topological polar surface area (TPSA) is 89.0 Å². The van der Waals surface area contributed by atoms with E-state index in [1.807, 2.05) is 0 Å². The maximum atomic E-state index is 11.7. The van der Waals surface area contributed by atoms with Gasteiger partial charge in [0.05, 0.1) is 5.75 Å². The summed E-state index contributed by atoms with van der Waals surface area (Å²) in [7, 11) is -3.01. The fourth-order valence-electron chi connectivity index (χ4n) is 2.48. The number of sulfone groups is 1. The lowest BCUT2D eigenvalue weighted by molar-refractivity contribution is -0.116. The first kappa shape index (κ1) is 16.4. The Morgan fingerprint density at radius 1 is 1.29 bits per heavy atom. The van der Waals surface area contributed by atoms with Gasteiger partial charge in [0.15, 0.2) is 0 Å². The van der Waals surface area contributed by atoms with Gasteiger partial charge in [-0.05, 0) is 19.3 Å². The molecule has 0 unspecified atom stereocenters. The minimum absolute atomic E-state index is 0.0316. The summed E-state index contributed by atoms with van der Waals surface area (Å²) in [6.45, 7) is 0. The highest BCUT2D eigenvalue weighted by molar-refractivity contribution is 7.90. The number of hydrogen-bond acceptors (Lipinski definition) is 6. The van der Waals surface area contributed by atoms with Gasteiger partial charge >= 0.3 is 0 Å². The third-order valence-electron chi connectivity index (χ3n) is 3.56. The molecule has 1 N–H and O–H groups in total. The average molecular weight is 331 g/mol. The van der Waals surface area contributed by atoms with Crippen LogP contribution in [0.15, 0.2) is 0 Å². The van der Waals surface area contributed by atoms with Crippen molar-refractivity contribution in [3.63, 3.8) is 0 Å². The van der Waals surface area contributed by atoms with Crippen molar-refractivity contribution in [2.75, 3.05) is 17.3 Å². The highest BCUT2D eigenvalue weighted by Crippen LogP contribution is 2.35. The van der Waals surface area contributed by atoms with Gasteiger partial charge in [0, 0.05) is 18.6 Å². The Balaban J connectivity index is 1.80. The number of anilines is 1. The summed E-state index contributed by atoms with van der Waals surface area (Å²) in [4.78, 5) is 11.7. The summed E-state index contributed by atoms with van der Waals surface area (Å²) < 4.78 is 22.0. The molecular formula is C13H21N3O3S2. The smallest absolute Gasteiger partial charge is 0.226 e. The number of amides is 1. The van der Waals surface area contributed by atoms with Crippen LogP contribution >= 0.6 is 11.3 Å². The molecule has 1 saturated carbocycles. The van der Waals surface area contributed by atoms with E-state index in [0.29, 0.717) is 17.5 Å². The Labute approximate surface area is 129 Å². The fourth-order valence-corrected chi connectivity index (χ4v) is 4.07. The van der Waals surface area contributed by atoms with Gasteiger partial charge in [-0.15, -0.1) is 10.2 Å². The lowest BCUT2D eigenvalue weighted by Gasteiger charge is -2.18. The molecule has 0 spiro atoms. The Bertz CT molecular complexity index is 577. The standard InChI is InChI=1S/C13H21N3O3S2/c1-21(18,19)9-5-8-11(17)14-13-16-15-12(20-13)10-6-3-2-4-7-10/h10H,2-9H2,1H3,(H,14,16,17). The van der Waals surface area contributed by atoms with Gasteiger partial charge in [0.25, 0.3) is 0 Å². The average Bonchev–Trinajstić information content (AvgIpc) is 2.86. The predicted octanol–water partition coefficient (Wildman–Crippen LogP) is 2.35. The van der Waals surface area contributed by atoms with Crippen LogP contribution in [0, 0.1) is 0 Å². The number of carbonyl (C=O) groups excluding carboxylic acids is 1. The Hall–Kier alpha value is -1.02. The molecular weight excluding hydrogens is 310 g/mol. The van der Waals surface area contributed by atoms with Crippen LogP contribution in [-0.2, 0) is 14.6 Å². The second kappa shape index (κ2) is 7.31. The van der Waals surface area contributed by atoms with Crippen LogP contribution in [0.5, 0.6) is 0 Å². The molecule has 0 radical (unpaired) electrons. The summed E-state index contributed by atoms with van der Waals surface area (Å²) in [5, 5.41) is 12.4. The summed E-state index contributed by atoms with van der Waals surface area (Å²) in [5.41, 5.74) is 0. The van der Waals surface area contributed by atoms with E-state index in [-0.39, 0.29) is 18.1 Å². The van der Waals surface area contributed by atoms with Crippen molar-refractivity contribution < 1.29 is 13.2 Å². The summed E-state index contributed by atoms with van der Waals surface area (Å²) in [6.07, 6.45) is 7.75. The van der Waals surface area contributed by atoms with Crippen LogP contribution in [0.4, 0.5) is 5.13 Å². The Morgan fingerprint density at radius 2 is 2.00 bits per heavy atom. The highest BCUT2D eigenvalue weighted by atomic mass is 32.2. The molecule has 2 rings (SSSR count). The van der Waals surface area contributed by atoms with Gasteiger partial charge in [-0.1, -0.05) is 30.6 Å². The molecule has 0 saturated heterocycles. The quantitative estimate of drug-likeness (QED) is 0.864. The Morgan fingerprint density at radius 3 is 2.67 bits per heavy atom. The minimum Gasteiger partial charge on any atom is -0.301 e. The van der Waals surface area contributed by atoms with Crippen LogP contribution in [0.1, 0.15) is 55.9 Å². The first-order valence-electron chi connectivity index (χ1n) is 7.25. The summed E-state index contributed by atoms with van der Waals surface area (Å²) in [6, 6.07) is 0. The molecule has 0 bridgehead atoms. The summed E-state index contributed by atoms with van der Waals surface area (Å²) in [5.74, 6) is 0.307. The zero-order valence-electron chi connectivity index (χ0n) is 12.2. The number of nitrogens with zero attached hydrogens (tertiary/aromatic N) is 2. The molecule has 0 aromatic carbocycles. The SMILES string of the molecule is CS(=O)(=O)CCCC(=O)Nc1nnc(C2CCCCC2)s1. The van der Waals surface area contributed by atoms with E-state index >= 15 is 0 Å². The number of rotatable bonds is 6. The number of aromatic nitrogens is 2. The van der Waals surface area contributed by atoms with E-state index in [4.69, 9.17) is 0 Å². The molecule has 1 aliphatic rings. The normalized spacial score (nSPS) is 16.8. The molecule has 118 valence electrons. The van der Waals surface area contributed by atoms with Crippen molar-refractivity contribution >= 4 is 32.2 Å². The first-order valence-corrected chi connectivity index (χ1v) is 10.1. The molecule has 1 amide bonds. The minimum atomic E-state index is -3.01. The molecule has 0 aliphatic heterocycles. The van der Waals surface area contributed by atoms with Crippen LogP contribution in [0.25, 0.3) is 0 Å². The molecule has 1 aromatic rings. The van der Waals surface area contributed by atoms with Crippen molar-refractivity contribution in [2.24, 2.45) is 0 Å². The van der Waals surface area contributed by atoms with Crippen molar-refractivity contribution in [2.45, 2.75) is 50.9 Å². The second-order valence-electron chi connectivity index (χ2n) is 5.56. The maximum absolute atomic E-state index is 11.7. The molecule has 1 fully saturated rings. The van der Waals surface area contributed by atoms with E-state index in [9.17, 15) is 13.2 Å². The van der Waals surface area contributed by atoms with E-state index in [2.05, 4.69) is 15.5 Å². The largest absolute Gasteiger partial charge is 0.301 e. The maximum Gasteiger partial charge on any atom is 0.226 e. The fraction of sp³-hybridized carbons (Fsp3) is 0.769. The van der Waals surface area contributed by atoms with Crippen molar-refractivity contribution in [1.29, 1.82) is 0 Å². The van der Waals surface area contributed by atoms with E-state index < -0.39 is 9.84 Å². The molecule has 0 atom stereocenters. The Kier molecular flexibility index (Phi) is 5.69. The van der Waals surface area contributed by atoms with E-state index in [0.717, 1.165) is 17.8 Å². The number of hydrogen-bond donors (Lipinski definition) is 1. The lowest BCUT2D eigenvalue weighted by atomic mass is 9.90. The monoisotopic (exact) mass is 331 g/mol.